The Hall–Kier alpha value is -3.99. The normalized spacial score (nSPS) is 15.2. The highest BCUT2D eigenvalue weighted by Gasteiger charge is 2.33. The summed E-state index contributed by atoms with van der Waals surface area (Å²) in [5, 5.41) is 12.3. The van der Waals surface area contributed by atoms with Gasteiger partial charge >= 0.3 is 5.97 Å². The summed E-state index contributed by atoms with van der Waals surface area (Å²) in [4.78, 5) is 42.9. The minimum absolute atomic E-state index is 0.202. The number of furan rings is 1. The summed E-state index contributed by atoms with van der Waals surface area (Å²) in [5.74, 6) is -0.00980. The van der Waals surface area contributed by atoms with Crippen molar-refractivity contribution in [1.29, 1.82) is 0 Å². The molecule has 1 aliphatic heterocycles. The number of halogens is 2. The van der Waals surface area contributed by atoms with Crippen LogP contribution in [0.15, 0.2) is 80.1 Å². The maximum Gasteiger partial charge on any atom is 0.338 e. The number of benzene rings is 2. The van der Waals surface area contributed by atoms with Gasteiger partial charge in [-0.05, 0) is 62.7 Å². The van der Waals surface area contributed by atoms with Crippen molar-refractivity contribution in [3.63, 3.8) is 0 Å². The molecule has 0 saturated heterocycles. The van der Waals surface area contributed by atoms with Crippen LogP contribution in [0.5, 0.6) is 0 Å². The lowest BCUT2D eigenvalue weighted by molar-refractivity contribution is -0.384. The third-order valence-corrected chi connectivity index (χ3v) is 7.56. The molecule has 40 heavy (non-hydrogen) atoms. The van der Waals surface area contributed by atoms with E-state index >= 15 is 0 Å². The Morgan fingerprint density at radius 1 is 1.15 bits per heavy atom. The second kappa shape index (κ2) is 10.9. The summed E-state index contributed by atoms with van der Waals surface area (Å²) in [6, 6.07) is 13.6. The van der Waals surface area contributed by atoms with E-state index in [1.165, 1.54) is 22.8 Å². The smallest absolute Gasteiger partial charge is 0.338 e. The third kappa shape index (κ3) is 5.25. The zero-order valence-electron chi connectivity index (χ0n) is 21.4. The van der Waals surface area contributed by atoms with E-state index in [-0.39, 0.29) is 39.3 Å². The van der Waals surface area contributed by atoms with Gasteiger partial charge in [-0.2, -0.15) is 0 Å². The first kappa shape index (κ1) is 27.6. The van der Waals surface area contributed by atoms with E-state index in [2.05, 4.69) is 4.99 Å². The van der Waals surface area contributed by atoms with Crippen molar-refractivity contribution in [3.8, 4) is 11.3 Å². The van der Waals surface area contributed by atoms with Gasteiger partial charge in [0.25, 0.3) is 11.2 Å². The fraction of sp³-hybridized carbons (Fsp3) is 0.179. The summed E-state index contributed by atoms with van der Waals surface area (Å²) in [5.41, 5.74) is 1.02. The van der Waals surface area contributed by atoms with Crippen LogP contribution in [0.2, 0.25) is 10.0 Å². The van der Waals surface area contributed by atoms with E-state index in [0.29, 0.717) is 31.4 Å². The van der Waals surface area contributed by atoms with Crippen LogP contribution in [0.4, 0.5) is 5.69 Å². The summed E-state index contributed by atoms with van der Waals surface area (Å²) in [7, 11) is 0. The molecule has 204 valence electrons. The van der Waals surface area contributed by atoms with Crippen molar-refractivity contribution in [2.75, 3.05) is 0 Å². The summed E-state index contributed by atoms with van der Waals surface area (Å²) in [6.07, 6.45) is 1.17. The first-order valence-electron chi connectivity index (χ1n) is 12.1. The molecule has 12 heteroatoms. The molecule has 1 aliphatic rings. The molecule has 1 atom stereocenters. The van der Waals surface area contributed by atoms with Gasteiger partial charge in [0.2, 0.25) is 0 Å². The van der Waals surface area contributed by atoms with Gasteiger partial charge in [0.05, 0.1) is 38.4 Å². The average molecular weight is 598 g/mol. The number of ether oxygens (including phenoxy) is 1. The van der Waals surface area contributed by atoms with Crippen molar-refractivity contribution in [3.05, 3.63) is 117 Å². The van der Waals surface area contributed by atoms with Crippen LogP contribution >= 0.6 is 34.5 Å². The van der Waals surface area contributed by atoms with Gasteiger partial charge in [-0.25, -0.2) is 9.79 Å². The van der Waals surface area contributed by atoms with Crippen molar-refractivity contribution in [1.82, 2.24) is 4.57 Å². The Balaban J connectivity index is 1.63. The Morgan fingerprint density at radius 2 is 1.85 bits per heavy atom. The molecule has 0 spiro atoms. The van der Waals surface area contributed by atoms with Crippen molar-refractivity contribution >= 4 is 52.3 Å². The van der Waals surface area contributed by atoms with Gasteiger partial charge < -0.3 is 9.15 Å². The number of aromatic nitrogens is 1. The monoisotopic (exact) mass is 597 g/mol. The molecule has 4 aromatic rings. The number of carbonyl (C=O) groups is 1. The van der Waals surface area contributed by atoms with Crippen molar-refractivity contribution in [2.45, 2.75) is 32.9 Å². The van der Waals surface area contributed by atoms with E-state index in [1.807, 2.05) is 0 Å². The minimum atomic E-state index is -0.786. The number of allylic oxidation sites excluding steroid dienone is 1. The van der Waals surface area contributed by atoms with Gasteiger partial charge in [0, 0.05) is 22.2 Å². The number of hydrogen-bond donors (Lipinski definition) is 0. The highest BCUT2D eigenvalue weighted by molar-refractivity contribution is 7.07. The lowest BCUT2D eigenvalue weighted by Crippen LogP contribution is -2.40. The Morgan fingerprint density at radius 3 is 2.52 bits per heavy atom. The fourth-order valence-electron chi connectivity index (χ4n) is 4.39. The number of thiazole rings is 1. The van der Waals surface area contributed by atoms with E-state index in [9.17, 15) is 19.7 Å². The van der Waals surface area contributed by atoms with Crippen molar-refractivity contribution < 1.29 is 18.9 Å². The number of esters is 1. The predicted octanol–water partition coefficient (Wildman–Crippen LogP) is 5.66. The molecular formula is C28H21Cl2N3O6S. The van der Waals surface area contributed by atoms with Gasteiger partial charge in [-0.3, -0.25) is 19.5 Å². The van der Waals surface area contributed by atoms with Crippen LogP contribution in [0.3, 0.4) is 0 Å². The molecule has 2 aromatic carbocycles. The molecule has 0 fully saturated rings. The fourth-order valence-corrected chi connectivity index (χ4v) is 5.71. The number of rotatable bonds is 6. The number of carbonyl (C=O) groups excluding carboxylic acids is 1. The molecule has 0 N–H and O–H groups in total. The van der Waals surface area contributed by atoms with Gasteiger partial charge in [0.15, 0.2) is 4.80 Å². The highest BCUT2D eigenvalue weighted by Crippen LogP contribution is 2.34. The van der Waals surface area contributed by atoms with Gasteiger partial charge in [-0.1, -0.05) is 46.7 Å². The summed E-state index contributed by atoms with van der Waals surface area (Å²) in [6.45, 7) is 5.20. The second-order valence-corrected chi connectivity index (χ2v) is 11.1. The van der Waals surface area contributed by atoms with Crippen LogP contribution in [-0.4, -0.2) is 21.6 Å². The predicted molar refractivity (Wildman–Crippen MR) is 152 cm³/mol. The van der Waals surface area contributed by atoms with Crippen LogP contribution in [0, 0.1) is 10.1 Å². The zero-order valence-corrected chi connectivity index (χ0v) is 23.7. The maximum absolute atomic E-state index is 13.8. The van der Waals surface area contributed by atoms with Gasteiger partial charge in [-0.15, -0.1) is 0 Å². The molecular weight excluding hydrogens is 577 g/mol. The lowest BCUT2D eigenvalue weighted by Gasteiger charge is -2.25. The van der Waals surface area contributed by atoms with Crippen molar-refractivity contribution in [2.24, 2.45) is 4.99 Å². The van der Waals surface area contributed by atoms with E-state index in [0.717, 1.165) is 11.3 Å². The average Bonchev–Trinajstić information content (AvgIpc) is 3.47. The molecule has 0 amide bonds. The lowest BCUT2D eigenvalue weighted by atomic mass is 9.96. The quantitative estimate of drug-likeness (QED) is 0.161. The first-order valence-corrected chi connectivity index (χ1v) is 13.6. The number of nitro groups is 1. The molecule has 0 aliphatic carbocycles. The van der Waals surface area contributed by atoms with Crippen LogP contribution < -0.4 is 14.9 Å². The number of hydrogen-bond acceptors (Lipinski definition) is 8. The van der Waals surface area contributed by atoms with Gasteiger partial charge in [0.1, 0.15) is 11.5 Å². The standard InChI is InChI=1S/C28H21Cl2N3O6S/c1-14(2)38-27(35)24-15(3)31-28-32(25(24)16-4-6-17(29)7-5-16)26(34)23(40-28)13-19-9-11-22(39-19)20-10-8-18(30)12-21(20)33(36)37/h4-14,25H,1-3H3. The minimum Gasteiger partial charge on any atom is -0.459 e. The third-order valence-electron chi connectivity index (χ3n) is 6.09. The molecule has 0 bridgehead atoms. The Kier molecular flexibility index (Phi) is 7.50. The molecule has 0 saturated carbocycles. The summed E-state index contributed by atoms with van der Waals surface area (Å²) >= 11 is 13.2. The number of nitro benzene ring substituents is 1. The molecule has 0 radical (unpaired) electrons. The number of nitrogens with zero attached hydrogens (tertiary/aromatic N) is 3. The Bertz CT molecular complexity index is 1870. The largest absolute Gasteiger partial charge is 0.459 e. The molecule has 2 aromatic heterocycles. The van der Waals surface area contributed by atoms with E-state index in [4.69, 9.17) is 32.4 Å². The van der Waals surface area contributed by atoms with Crippen LogP contribution in [-0.2, 0) is 9.53 Å². The molecule has 9 nitrogen and oxygen atoms in total. The SMILES string of the molecule is CC1=C(C(=O)OC(C)C)C(c2ccc(Cl)cc2)n2c(sc(=Cc3ccc(-c4ccc(Cl)cc4[N+](=O)[O-])o3)c2=O)=N1. The van der Waals surface area contributed by atoms with Crippen LogP contribution in [0.25, 0.3) is 17.4 Å². The zero-order chi connectivity index (χ0) is 28.7. The molecule has 1 unspecified atom stereocenters. The maximum atomic E-state index is 13.8. The summed E-state index contributed by atoms with van der Waals surface area (Å²) < 4.78 is 13.1. The van der Waals surface area contributed by atoms with E-state index in [1.54, 1.807) is 63.2 Å². The van der Waals surface area contributed by atoms with Crippen LogP contribution in [0.1, 0.15) is 38.1 Å². The molecule has 5 rings (SSSR count). The highest BCUT2D eigenvalue weighted by atomic mass is 35.5. The molecule has 3 heterocycles. The van der Waals surface area contributed by atoms with E-state index < -0.39 is 16.9 Å². The number of fused-ring (bicyclic) bond motifs is 1. The second-order valence-electron chi connectivity index (χ2n) is 9.21. The topological polar surface area (TPSA) is 117 Å². The first-order chi connectivity index (χ1) is 19.0. The Labute approximate surface area is 241 Å².